The molecule has 72 valence electrons. The summed E-state index contributed by atoms with van der Waals surface area (Å²) in [5.74, 6) is -0.542. The Bertz CT molecular complexity index is 177. The summed E-state index contributed by atoms with van der Waals surface area (Å²) in [5, 5.41) is 11.0. The summed E-state index contributed by atoms with van der Waals surface area (Å²) >= 11 is 1.56. The molecule has 4 nitrogen and oxygen atoms in total. The van der Waals surface area contributed by atoms with E-state index in [2.05, 4.69) is 5.32 Å². The predicted molar refractivity (Wildman–Crippen MR) is 55.4 cm³/mol. The van der Waals surface area contributed by atoms with E-state index in [0.717, 1.165) is 5.75 Å². The van der Waals surface area contributed by atoms with Crippen LogP contribution in [0.5, 0.6) is 0 Å². The molecule has 0 heterocycles. The van der Waals surface area contributed by atoms with Gasteiger partial charge in [0.25, 0.3) is 0 Å². The first-order valence-corrected chi connectivity index (χ1v) is 4.96. The van der Waals surface area contributed by atoms with Gasteiger partial charge in [0.2, 0.25) is 5.91 Å². The van der Waals surface area contributed by atoms with Gasteiger partial charge in [0.15, 0.2) is 0 Å². The van der Waals surface area contributed by atoms with E-state index in [0.29, 0.717) is 6.42 Å². The van der Waals surface area contributed by atoms with Gasteiger partial charge in [0.1, 0.15) is 6.04 Å². The minimum atomic E-state index is -0.973. The van der Waals surface area contributed by atoms with Crippen LogP contribution in [0.1, 0.15) is 13.3 Å². The molecule has 0 unspecified atom stereocenters. The number of amides is 1. The first-order chi connectivity index (χ1) is 5.57. The van der Waals surface area contributed by atoms with Gasteiger partial charge in [-0.25, -0.2) is 4.79 Å². The van der Waals surface area contributed by atoms with E-state index in [1.54, 1.807) is 11.8 Å². The van der Waals surface area contributed by atoms with Gasteiger partial charge in [0.05, 0.1) is 0 Å². The topological polar surface area (TPSA) is 66.4 Å². The Balaban J connectivity index is 0. The maximum absolute atomic E-state index is 10.5. The minimum absolute atomic E-state index is 0. The van der Waals surface area contributed by atoms with Crippen LogP contribution in [0.25, 0.3) is 0 Å². The van der Waals surface area contributed by atoms with Crippen LogP contribution in [0, 0.1) is 0 Å². The molecule has 0 aromatic carbocycles. The van der Waals surface area contributed by atoms with E-state index < -0.39 is 12.0 Å². The van der Waals surface area contributed by atoms with Crippen molar-refractivity contribution in [3.05, 3.63) is 0 Å². The molecule has 0 fully saturated rings. The number of hydrogen-bond acceptors (Lipinski definition) is 3. The second kappa shape index (κ2) is 8.87. The van der Waals surface area contributed by atoms with Crippen LogP contribution in [-0.2, 0) is 9.59 Å². The number of carbonyl (C=O) groups excluding carboxylic acids is 1. The van der Waals surface area contributed by atoms with Crippen molar-refractivity contribution in [1.82, 2.24) is 5.32 Å². The van der Waals surface area contributed by atoms with Crippen molar-refractivity contribution in [2.24, 2.45) is 0 Å². The third kappa shape index (κ3) is 8.62. The quantitative estimate of drug-likeness (QED) is 0.617. The summed E-state index contributed by atoms with van der Waals surface area (Å²) in [6.07, 6.45) is 2.36. The molecule has 0 saturated carbocycles. The zero-order valence-electron chi connectivity index (χ0n) is 7.16. The van der Waals surface area contributed by atoms with Gasteiger partial charge < -0.3 is 10.4 Å². The summed E-state index contributed by atoms with van der Waals surface area (Å²) in [7, 11) is 0. The Morgan fingerprint density at radius 2 is 2.08 bits per heavy atom. The number of carboxylic acids is 1. The van der Waals surface area contributed by atoms with Crippen molar-refractivity contribution in [1.29, 1.82) is 0 Å². The van der Waals surface area contributed by atoms with Crippen LogP contribution in [0.15, 0.2) is 0 Å². The second-order valence-corrected chi connectivity index (χ2v) is 3.36. The molecule has 2 N–H and O–H groups in total. The van der Waals surface area contributed by atoms with Crippen molar-refractivity contribution in [3.63, 3.8) is 0 Å². The van der Waals surface area contributed by atoms with Gasteiger partial charge in [-0.05, 0) is 18.4 Å². The van der Waals surface area contributed by atoms with E-state index in [1.165, 1.54) is 6.92 Å². The molecule has 0 aliphatic heterocycles. The van der Waals surface area contributed by atoms with Gasteiger partial charge in [-0.3, -0.25) is 4.79 Å². The number of rotatable bonds is 5. The van der Waals surface area contributed by atoms with E-state index in [4.69, 9.17) is 5.11 Å². The average molecular weight is 215 g/mol. The van der Waals surface area contributed by atoms with E-state index in [1.807, 2.05) is 6.26 Å². The van der Waals surface area contributed by atoms with Crippen molar-refractivity contribution >= 4 is 53.2 Å². The van der Waals surface area contributed by atoms with Gasteiger partial charge in [-0.15, -0.1) is 0 Å². The molecule has 1 amide bonds. The standard InChI is InChI=1S/C7H13NO3S.Na.H/c1-5(9)8-6(7(10)11)3-4-12-2;;/h6H,3-4H2,1-2H3,(H,8,9)(H,10,11);;/t6-;;/m0../s1. The zero-order chi connectivity index (χ0) is 9.56. The molecule has 13 heavy (non-hydrogen) atoms. The Morgan fingerprint density at radius 1 is 1.54 bits per heavy atom. The van der Waals surface area contributed by atoms with E-state index in [-0.39, 0.29) is 35.5 Å². The fraction of sp³-hybridized carbons (Fsp3) is 0.714. The summed E-state index contributed by atoms with van der Waals surface area (Å²) in [6, 6.07) is -0.741. The van der Waals surface area contributed by atoms with Gasteiger partial charge in [0, 0.05) is 6.92 Å². The van der Waals surface area contributed by atoms with Gasteiger partial charge in [-0.1, -0.05) is 0 Å². The molecular formula is C7H14NNaO3S. The summed E-state index contributed by atoms with van der Waals surface area (Å²) in [4.78, 5) is 21.1. The SMILES string of the molecule is CSCC[C@H](NC(C)=O)C(=O)O.[NaH]. The van der Waals surface area contributed by atoms with Crippen LogP contribution in [-0.4, -0.2) is 64.6 Å². The van der Waals surface area contributed by atoms with Gasteiger partial charge in [-0.2, -0.15) is 11.8 Å². The van der Waals surface area contributed by atoms with Crippen molar-refractivity contribution in [2.75, 3.05) is 12.0 Å². The first-order valence-electron chi connectivity index (χ1n) is 3.56. The van der Waals surface area contributed by atoms with Crippen molar-refractivity contribution in [3.8, 4) is 0 Å². The number of carboxylic acid groups (broad SMARTS) is 1. The Hall–Kier alpha value is 0.290. The predicted octanol–water partition coefficient (Wildman–Crippen LogP) is -0.320. The second-order valence-electron chi connectivity index (χ2n) is 2.37. The molecule has 0 radical (unpaired) electrons. The summed E-state index contributed by atoms with van der Waals surface area (Å²) in [6.45, 7) is 1.31. The van der Waals surface area contributed by atoms with Gasteiger partial charge >= 0.3 is 35.5 Å². The molecule has 0 aromatic rings. The van der Waals surface area contributed by atoms with Crippen LogP contribution in [0.3, 0.4) is 0 Å². The van der Waals surface area contributed by atoms with Crippen LogP contribution in [0.2, 0.25) is 0 Å². The van der Waals surface area contributed by atoms with E-state index in [9.17, 15) is 9.59 Å². The molecule has 6 heteroatoms. The van der Waals surface area contributed by atoms with Crippen LogP contribution in [0.4, 0.5) is 0 Å². The fourth-order valence-electron chi connectivity index (χ4n) is 0.738. The monoisotopic (exact) mass is 215 g/mol. The summed E-state index contributed by atoms with van der Waals surface area (Å²) < 4.78 is 0. The molecule has 1 atom stereocenters. The normalized spacial score (nSPS) is 11.2. The van der Waals surface area contributed by atoms with Crippen molar-refractivity contribution < 1.29 is 14.7 Å². The molecule has 0 spiro atoms. The Morgan fingerprint density at radius 3 is 2.38 bits per heavy atom. The number of aliphatic carboxylic acids is 1. The molecule has 0 bridgehead atoms. The third-order valence-electron chi connectivity index (χ3n) is 1.29. The molecule has 0 aliphatic carbocycles. The Kier molecular flexibility index (Phi) is 10.7. The fourth-order valence-corrected chi connectivity index (χ4v) is 1.21. The molecular weight excluding hydrogens is 201 g/mol. The third-order valence-corrected chi connectivity index (χ3v) is 1.93. The number of thioether (sulfide) groups is 1. The summed E-state index contributed by atoms with van der Waals surface area (Å²) in [5.41, 5.74) is 0. The molecule has 0 aliphatic rings. The number of carbonyl (C=O) groups is 2. The molecule has 0 saturated heterocycles. The van der Waals surface area contributed by atoms with Crippen LogP contribution < -0.4 is 5.32 Å². The van der Waals surface area contributed by atoms with Crippen LogP contribution >= 0.6 is 11.8 Å². The van der Waals surface area contributed by atoms with Crippen molar-refractivity contribution in [2.45, 2.75) is 19.4 Å². The maximum atomic E-state index is 10.5. The van der Waals surface area contributed by atoms with E-state index >= 15 is 0 Å². The number of hydrogen-bond donors (Lipinski definition) is 2. The zero-order valence-corrected chi connectivity index (χ0v) is 7.98. The molecule has 0 aromatic heterocycles. The molecule has 0 rings (SSSR count). The Labute approximate surface area is 104 Å². The first kappa shape index (κ1) is 15.7. The average Bonchev–Trinajstić information content (AvgIpc) is 1.96. The number of nitrogens with one attached hydrogen (secondary N) is 1.